The van der Waals surface area contributed by atoms with E-state index in [9.17, 15) is 9.59 Å². The molecule has 0 bridgehead atoms. The number of ether oxygens (including phenoxy) is 1. The summed E-state index contributed by atoms with van der Waals surface area (Å²) in [5.41, 5.74) is 0.686. The molecule has 25 heavy (non-hydrogen) atoms. The van der Waals surface area contributed by atoms with E-state index in [4.69, 9.17) is 4.74 Å². The SMILES string of the molecule is CCOC(=O)Cc1csc(SCC(=O)NCCSc2ccccc2)n1. The number of nitrogens with one attached hydrogen (secondary N) is 1. The van der Waals surface area contributed by atoms with Gasteiger partial charge in [0.25, 0.3) is 0 Å². The number of nitrogens with zero attached hydrogens (tertiary/aromatic N) is 1. The van der Waals surface area contributed by atoms with Crippen molar-refractivity contribution < 1.29 is 14.3 Å². The quantitative estimate of drug-likeness (QED) is 0.378. The van der Waals surface area contributed by atoms with E-state index in [2.05, 4.69) is 22.4 Å². The van der Waals surface area contributed by atoms with Gasteiger partial charge in [0.15, 0.2) is 4.34 Å². The average Bonchev–Trinajstić information content (AvgIpc) is 3.05. The van der Waals surface area contributed by atoms with Gasteiger partial charge in [0.2, 0.25) is 5.91 Å². The lowest BCUT2D eigenvalue weighted by Gasteiger charge is -2.04. The van der Waals surface area contributed by atoms with Crippen molar-refractivity contribution in [3.8, 4) is 0 Å². The third-order valence-electron chi connectivity index (χ3n) is 2.92. The molecular formula is C17H20N2O3S3. The van der Waals surface area contributed by atoms with Gasteiger partial charge in [-0.2, -0.15) is 0 Å². The van der Waals surface area contributed by atoms with Crippen LogP contribution in [0.25, 0.3) is 0 Å². The highest BCUT2D eigenvalue weighted by atomic mass is 32.2. The minimum absolute atomic E-state index is 0.0131. The molecule has 2 aromatic rings. The van der Waals surface area contributed by atoms with Gasteiger partial charge in [-0.1, -0.05) is 30.0 Å². The van der Waals surface area contributed by atoms with Gasteiger partial charge in [0.1, 0.15) is 0 Å². The lowest BCUT2D eigenvalue weighted by molar-refractivity contribution is -0.142. The summed E-state index contributed by atoms with van der Waals surface area (Å²) >= 11 is 4.53. The van der Waals surface area contributed by atoms with Crippen LogP contribution < -0.4 is 5.32 Å². The number of amides is 1. The van der Waals surface area contributed by atoms with Gasteiger partial charge in [0, 0.05) is 22.6 Å². The Morgan fingerprint density at radius 1 is 1.24 bits per heavy atom. The second kappa shape index (κ2) is 11.2. The Kier molecular flexibility index (Phi) is 8.85. The maximum Gasteiger partial charge on any atom is 0.311 e. The molecule has 2 rings (SSSR count). The van der Waals surface area contributed by atoms with Gasteiger partial charge in [-0.05, 0) is 19.1 Å². The monoisotopic (exact) mass is 396 g/mol. The van der Waals surface area contributed by atoms with Crippen molar-refractivity contribution in [1.82, 2.24) is 10.3 Å². The van der Waals surface area contributed by atoms with E-state index in [1.807, 2.05) is 23.6 Å². The third kappa shape index (κ3) is 7.94. The molecule has 0 saturated carbocycles. The van der Waals surface area contributed by atoms with Crippen LogP contribution in [0.15, 0.2) is 44.9 Å². The lowest BCUT2D eigenvalue weighted by atomic mass is 10.3. The minimum Gasteiger partial charge on any atom is -0.466 e. The van der Waals surface area contributed by atoms with Crippen molar-refractivity contribution in [2.75, 3.05) is 24.7 Å². The smallest absolute Gasteiger partial charge is 0.311 e. The number of thioether (sulfide) groups is 2. The van der Waals surface area contributed by atoms with Gasteiger partial charge in [-0.15, -0.1) is 23.1 Å². The number of benzene rings is 1. The van der Waals surface area contributed by atoms with E-state index in [1.165, 1.54) is 28.0 Å². The predicted molar refractivity (Wildman–Crippen MR) is 103 cm³/mol. The maximum absolute atomic E-state index is 11.9. The van der Waals surface area contributed by atoms with Gasteiger partial charge >= 0.3 is 5.97 Å². The van der Waals surface area contributed by atoms with Crippen LogP contribution in [-0.2, 0) is 20.7 Å². The summed E-state index contributed by atoms with van der Waals surface area (Å²) in [7, 11) is 0. The van der Waals surface area contributed by atoms with E-state index in [0.29, 0.717) is 24.6 Å². The zero-order valence-corrected chi connectivity index (χ0v) is 16.3. The largest absolute Gasteiger partial charge is 0.466 e. The first-order valence-corrected chi connectivity index (χ1v) is 10.7. The summed E-state index contributed by atoms with van der Waals surface area (Å²) < 4.78 is 5.68. The molecule has 1 heterocycles. The number of esters is 1. The molecule has 1 amide bonds. The molecule has 0 unspecified atom stereocenters. The molecular weight excluding hydrogens is 376 g/mol. The van der Waals surface area contributed by atoms with Crippen molar-refractivity contribution in [3.05, 3.63) is 41.4 Å². The van der Waals surface area contributed by atoms with E-state index >= 15 is 0 Å². The Hall–Kier alpha value is -1.51. The second-order valence-corrected chi connectivity index (χ2v) is 8.14. The fourth-order valence-electron chi connectivity index (χ4n) is 1.85. The summed E-state index contributed by atoms with van der Waals surface area (Å²) in [5.74, 6) is 0.864. The maximum atomic E-state index is 11.9. The number of hydrogen-bond donors (Lipinski definition) is 1. The molecule has 0 radical (unpaired) electrons. The Morgan fingerprint density at radius 2 is 2.04 bits per heavy atom. The van der Waals surface area contributed by atoms with Crippen LogP contribution in [0.3, 0.4) is 0 Å². The number of hydrogen-bond acceptors (Lipinski definition) is 7. The first kappa shape index (κ1) is 19.8. The fourth-order valence-corrected chi connectivity index (χ4v) is 4.31. The summed E-state index contributed by atoms with van der Waals surface area (Å²) in [5, 5.41) is 4.73. The minimum atomic E-state index is -0.280. The molecule has 134 valence electrons. The van der Waals surface area contributed by atoms with Crippen LogP contribution in [0.2, 0.25) is 0 Å². The van der Waals surface area contributed by atoms with Gasteiger partial charge in [-0.3, -0.25) is 9.59 Å². The Morgan fingerprint density at radius 3 is 2.80 bits per heavy atom. The summed E-state index contributed by atoms with van der Waals surface area (Å²) in [6.45, 7) is 2.77. The first-order valence-electron chi connectivity index (χ1n) is 7.84. The standard InChI is InChI=1S/C17H20N2O3S3/c1-2-22-16(21)10-13-11-24-17(19-13)25-12-15(20)18-8-9-23-14-6-4-3-5-7-14/h3-7,11H,2,8-10,12H2,1H3,(H,18,20). The van der Waals surface area contributed by atoms with Crippen molar-refractivity contribution in [2.24, 2.45) is 0 Å². The Bertz CT molecular complexity index is 677. The zero-order valence-electron chi connectivity index (χ0n) is 13.9. The normalized spacial score (nSPS) is 10.4. The van der Waals surface area contributed by atoms with Crippen LogP contribution in [-0.4, -0.2) is 41.5 Å². The van der Waals surface area contributed by atoms with Crippen LogP contribution in [0.1, 0.15) is 12.6 Å². The molecule has 0 aliphatic rings. The number of aromatic nitrogens is 1. The molecule has 1 aromatic carbocycles. The number of rotatable bonds is 10. The molecule has 8 heteroatoms. The summed E-state index contributed by atoms with van der Waals surface area (Å²) in [4.78, 5) is 28.8. The zero-order chi connectivity index (χ0) is 17.9. The third-order valence-corrected chi connectivity index (χ3v) is 6.01. The van der Waals surface area contributed by atoms with Crippen LogP contribution in [0.4, 0.5) is 0 Å². The second-order valence-electron chi connectivity index (χ2n) is 4.89. The topological polar surface area (TPSA) is 68.3 Å². The van der Waals surface area contributed by atoms with E-state index in [1.54, 1.807) is 18.7 Å². The van der Waals surface area contributed by atoms with E-state index in [0.717, 1.165) is 10.1 Å². The van der Waals surface area contributed by atoms with Gasteiger partial charge < -0.3 is 10.1 Å². The molecule has 0 atom stereocenters. The van der Waals surface area contributed by atoms with E-state index < -0.39 is 0 Å². The highest BCUT2D eigenvalue weighted by Crippen LogP contribution is 2.23. The fraction of sp³-hybridized carbons (Fsp3) is 0.353. The van der Waals surface area contributed by atoms with Crippen molar-refractivity contribution in [3.63, 3.8) is 0 Å². The summed E-state index contributed by atoms with van der Waals surface area (Å²) in [6.07, 6.45) is 0.174. The molecule has 0 spiro atoms. The molecule has 0 saturated heterocycles. The molecule has 0 aliphatic carbocycles. The highest BCUT2D eigenvalue weighted by Gasteiger charge is 2.10. The first-order chi connectivity index (χ1) is 12.2. The lowest BCUT2D eigenvalue weighted by Crippen LogP contribution is -2.27. The molecule has 1 N–H and O–H groups in total. The van der Waals surface area contributed by atoms with Gasteiger partial charge in [0.05, 0.1) is 24.5 Å². The summed E-state index contributed by atoms with van der Waals surface area (Å²) in [6, 6.07) is 10.1. The van der Waals surface area contributed by atoms with Crippen molar-refractivity contribution in [1.29, 1.82) is 0 Å². The van der Waals surface area contributed by atoms with Gasteiger partial charge in [-0.25, -0.2) is 4.98 Å². The molecule has 1 aromatic heterocycles. The van der Waals surface area contributed by atoms with E-state index in [-0.39, 0.29) is 18.3 Å². The van der Waals surface area contributed by atoms with Crippen LogP contribution in [0, 0.1) is 0 Å². The Labute approximate surface area is 160 Å². The number of carbonyl (C=O) groups is 2. The number of carbonyl (C=O) groups excluding carboxylic acids is 2. The van der Waals surface area contributed by atoms with Crippen LogP contribution in [0.5, 0.6) is 0 Å². The molecule has 0 fully saturated rings. The highest BCUT2D eigenvalue weighted by molar-refractivity contribution is 8.01. The Balaban J connectivity index is 1.61. The predicted octanol–water partition coefficient (Wildman–Crippen LogP) is 3.25. The average molecular weight is 397 g/mol. The van der Waals surface area contributed by atoms with Crippen molar-refractivity contribution in [2.45, 2.75) is 22.6 Å². The van der Waals surface area contributed by atoms with Crippen LogP contribution >= 0.6 is 34.9 Å². The molecule has 5 nitrogen and oxygen atoms in total. The number of thiazole rings is 1. The molecule has 0 aliphatic heterocycles. The van der Waals surface area contributed by atoms with Crippen molar-refractivity contribution >= 4 is 46.7 Å².